The molecule has 1 heterocycles. The number of rotatable bonds is 3. The quantitative estimate of drug-likeness (QED) is 0.902. The lowest BCUT2D eigenvalue weighted by atomic mass is 10.1. The van der Waals surface area contributed by atoms with Crippen molar-refractivity contribution in [1.82, 2.24) is 0 Å². The number of hydrogen-bond acceptors (Lipinski definition) is 4. The lowest BCUT2D eigenvalue weighted by Gasteiger charge is -2.25. The first-order valence-electron chi connectivity index (χ1n) is 6.77. The van der Waals surface area contributed by atoms with Gasteiger partial charge in [0.15, 0.2) is 9.84 Å². The molecule has 0 bridgehead atoms. The number of benzene rings is 1. The average Bonchev–Trinajstić information content (AvgIpc) is 2.51. The Bertz CT molecular complexity index is 540. The van der Waals surface area contributed by atoms with E-state index in [1.165, 1.54) is 11.1 Å². The molecule has 0 amide bonds. The molecule has 0 atom stereocenters. The first kappa shape index (κ1) is 14.3. The molecule has 2 N–H and O–H groups in total. The van der Waals surface area contributed by atoms with Crippen molar-refractivity contribution < 1.29 is 8.42 Å². The topological polar surface area (TPSA) is 63.4 Å². The standard InChI is InChI=1S/C14H22N2O2S/c1-12-3-4-14(13(11-12)5-6-15)16-7-2-9-19(17,18)10-8-16/h3-4,11H,2,5-10,15H2,1H3. The Morgan fingerprint density at radius 2 is 2.05 bits per heavy atom. The van der Waals surface area contributed by atoms with Crippen molar-refractivity contribution in [3.63, 3.8) is 0 Å². The Morgan fingerprint density at radius 1 is 1.26 bits per heavy atom. The molecule has 4 nitrogen and oxygen atoms in total. The van der Waals surface area contributed by atoms with Crippen LogP contribution in [-0.2, 0) is 16.3 Å². The van der Waals surface area contributed by atoms with Gasteiger partial charge in [0.05, 0.1) is 11.5 Å². The summed E-state index contributed by atoms with van der Waals surface area (Å²) in [7, 11) is -2.86. The summed E-state index contributed by atoms with van der Waals surface area (Å²) in [6, 6.07) is 6.33. The number of aryl methyl sites for hydroxylation is 1. The third kappa shape index (κ3) is 3.70. The normalized spacial score (nSPS) is 19.2. The van der Waals surface area contributed by atoms with Crippen LogP contribution in [-0.4, -0.2) is 39.6 Å². The summed E-state index contributed by atoms with van der Waals surface area (Å²) in [5.74, 6) is 0.560. The van der Waals surface area contributed by atoms with Gasteiger partial charge in [0, 0.05) is 18.8 Å². The van der Waals surface area contributed by atoms with Crippen LogP contribution >= 0.6 is 0 Å². The van der Waals surface area contributed by atoms with Crippen LogP contribution in [0.2, 0.25) is 0 Å². The van der Waals surface area contributed by atoms with Crippen molar-refractivity contribution in [2.75, 3.05) is 36.0 Å². The summed E-state index contributed by atoms with van der Waals surface area (Å²) >= 11 is 0. The molecular formula is C14H22N2O2S. The maximum Gasteiger partial charge on any atom is 0.152 e. The molecule has 0 spiro atoms. The molecule has 1 saturated heterocycles. The number of hydrogen-bond donors (Lipinski definition) is 1. The predicted molar refractivity (Wildman–Crippen MR) is 79.4 cm³/mol. The monoisotopic (exact) mass is 282 g/mol. The Hall–Kier alpha value is -1.07. The first-order chi connectivity index (χ1) is 9.02. The van der Waals surface area contributed by atoms with Gasteiger partial charge in [-0.15, -0.1) is 0 Å². The Labute approximate surface area is 115 Å². The van der Waals surface area contributed by atoms with E-state index in [0.29, 0.717) is 25.3 Å². The zero-order chi connectivity index (χ0) is 13.9. The molecule has 1 aromatic rings. The van der Waals surface area contributed by atoms with Gasteiger partial charge in [-0.3, -0.25) is 0 Å². The van der Waals surface area contributed by atoms with E-state index in [-0.39, 0.29) is 5.75 Å². The third-order valence-electron chi connectivity index (χ3n) is 3.54. The number of nitrogens with zero attached hydrogens (tertiary/aromatic N) is 1. The minimum absolute atomic E-state index is 0.253. The second-order valence-corrected chi connectivity index (χ2v) is 7.47. The smallest absolute Gasteiger partial charge is 0.152 e. The second kappa shape index (κ2) is 5.92. The Balaban J connectivity index is 2.25. The summed E-state index contributed by atoms with van der Waals surface area (Å²) in [5.41, 5.74) is 9.26. The fourth-order valence-corrected chi connectivity index (χ4v) is 3.83. The van der Waals surface area contributed by atoms with Crippen LogP contribution in [0.3, 0.4) is 0 Å². The molecule has 1 aliphatic rings. The van der Waals surface area contributed by atoms with E-state index in [1.54, 1.807) is 0 Å². The van der Waals surface area contributed by atoms with Crippen molar-refractivity contribution in [3.05, 3.63) is 29.3 Å². The SMILES string of the molecule is Cc1ccc(N2CCCS(=O)(=O)CC2)c(CCN)c1. The summed E-state index contributed by atoms with van der Waals surface area (Å²) in [6.45, 7) is 4.07. The van der Waals surface area contributed by atoms with Gasteiger partial charge in [0.25, 0.3) is 0 Å². The van der Waals surface area contributed by atoms with Crippen LogP contribution in [0.15, 0.2) is 18.2 Å². The van der Waals surface area contributed by atoms with E-state index in [9.17, 15) is 8.42 Å². The van der Waals surface area contributed by atoms with Crippen LogP contribution < -0.4 is 10.6 Å². The van der Waals surface area contributed by atoms with Crippen LogP contribution in [0.25, 0.3) is 0 Å². The molecular weight excluding hydrogens is 260 g/mol. The van der Waals surface area contributed by atoms with Crippen molar-refractivity contribution in [3.8, 4) is 0 Å². The first-order valence-corrected chi connectivity index (χ1v) is 8.59. The lowest BCUT2D eigenvalue weighted by Crippen LogP contribution is -2.28. The largest absolute Gasteiger partial charge is 0.370 e. The predicted octanol–water partition coefficient (Wildman–Crippen LogP) is 1.12. The van der Waals surface area contributed by atoms with Crippen LogP contribution in [0.1, 0.15) is 17.5 Å². The van der Waals surface area contributed by atoms with Gasteiger partial charge in [-0.05, 0) is 37.9 Å². The average molecular weight is 282 g/mol. The van der Waals surface area contributed by atoms with Gasteiger partial charge in [-0.25, -0.2) is 8.42 Å². The van der Waals surface area contributed by atoms with Crippen molar-refractivity contribution in [1.29, 1.82) is 0 Å². The van der Waals surface area contributed by atoms with Gasteiger partial charge in [0.2, 0.25) is 0 Å². The molecule has 0 aromatic heterocycles. The molecule has 1 aliphatic heterocycles. The molecule has 0 aliphatic carbocycles. The van der Waals surface area contributed by atoms with Crippen molar-refractivity contribution in [2.24, 2.45) is 5.73 Å². The van der Waals surface area contributed by atoms with E-state index < -0.39 is 9.84 Å². The van der Waals surface area contributed by atoms with E-state index >= 15 is 0 Å². The van der Waals surface area contributed by atoms with Crippen LogP contribution in [0, 0.1) is 6.92 Å². The number of anilines is 1. The van der Waals surface area contributed by atoms with Gasteiger partial charge in [0.1, 0.15) is 0 Å². The molecule has 1 fully saturated rings. The highest BCUT2D eigenvalue weighted by Gasteiger charge is 2.20. The Kier molecular flexibility index (Phi) is 4.47. The highest BCUT2D eigenvalue weighted by atomic mass is 32.2. The highest BCUT2D eigenvalue weighted by Crippen LogP contribution is 2.24. The minimum atomic E-state index is -2.86. The zero-order valence-corrected chi connectivity index (χ0v) is 12.2. The maximum absolute atomic E-state index is 11.7. The second-order valence-electron chi connectivity index (χ2n) is 5.16. The minimum Gasteiger partial charge on any atom is -0.370 e. The van der Waals surface area contributed by atoms with E-state index in [1.807, 2.05) is 0 Å². The van der Waals surface area contributed by atoms with Gasteiger partial charge < -0.3 is 10.6 Å². The molecule has 106 valence electrons. The Morgan fingerprint density at radius 3 is 2.79 bits per heavy atom. The van der Waals surface area contributed by atoms with Crippen LogP contribution in [0.4, 0.5) is 5.69 Å². The molecule has 0 unspecified atom stereocenters. The van der Waals surface area contributed by atoms with Crippen molar-refractivity contribution in [2.45, 2.75) is 19.8 Å². The fraction of sp³-hybridized carbons (Fsp3) is 0.571. The number of sulfone groups is 1. The maximum atomic E-state index is 11.7. The molecule has 2 rings (SSSR count). The van der Waals surface area contributed by atoms with E-state index in [0.717, 1.165) is 18.7 Å². The molecule has 5 heteroatoms. The molecule has 0 saturated carbocycles. The number of nitrogens with two attached hydrogens (primary N) is 1. The van der Waals surface area contributed by atoms with Gasteiger partial charge >= 0.3 is 0 Å². The van der Waals surface area contributed by atoms with Gasteiger partial charge in [-0.2, -0.15) is 0 Å². The van der Waals surface area contributed by atoms with E-state index in [4.69, 9.17) is 5.73 Å². The molecule has 19 heavy (non-hydrogen) atoms. The zero-order valence-electron chi connectivity index (χ0n) is 11.4. The summed E-state index contributed by atoms with van der Waals surface area (Å²) < 4.78 is 23.3. The van der Waals surface area contributed by atoms with Crippen LogP contribution in [0.5, 0.6) is 0 Å². The summed E-state index contributed by atoms with van der Waals surface area (Å²) in [6.07, 6.45) is 1.54. The highest BCUT2D eigenvalue weighted by molar-refractivity contribution is 7.91. The third-order valence-corrected chi connectivity index (χ3v) is 5.26. The van der Waals surface area contributed by atoms with Crippen molar-refractivity contribution >= 4 is 15.5 Å². The lowest BCUT2D eigenvalue weighted by molar-refractivity contribution is 0.597. The van der Waals surface area contributed by atoms with E-state index in [2.05, 4.69) is 30.0 Å². The summed E-state index contributed by atoms with van der Waals surface area (Å²) in [5, 5.41) is 0. The van der Waals surface area contributed by atoms with Gasteiger partial charge in [-0.1, -0.05) is 17.7 Å². The molecule has 0 radical (unpaired) electrons. The molecule has 1 aromatic carbocycles. The summed E-state index contributed by atoms with van der Waals surface area (Å²) in [4.78, 5) is 2.19. The fourth-order valence-electron chi connectivity index (χ4n) is 2.56.